The van der Waals surface area contributed by atoms with E-state index < -0.39 is 5.97 Å². The molecule has 1 aromatic carbocycles. The first-order chi connectivity index (χ1) is 9.61. The van der Waals surface area contributed by atoms with Crippen LogP contribution in [0.25, 0.3) is 0 Å². The number of aliphatic carboxylic acids is 1. The lowest BCUT2D eigenvalue weighted by molar-refractivity contribution is -0.137. The Morgan fingerprint density at radius 2 is 2.05 bits per heavy atom. The van der Waals surface area contributed by atoms with Crippen molar-refractivity contribution in [2.75, 3.05) is 17.7 Å². The summed E-state index contributed by atoms with van der Waals surface area (Å²) in [4.78, 5) is 21.9. The summed E-state index contributed by atoms with van der Waals surface area (Å²) in [6.45, 7) is 0.419. The van der Waals surface area contributed by atoms with Crippen molar-refractivity contribution in [3.8, 4) is 0 Å². The topological polar surface area (TPSA) is 78.4 Å². The Morgan fingerprint density at radius 3 is 2.75 bits per heavy atom. The number of urea groups is 1. The molecule has 2 amide bonds. The number of rotatable bonds is 8. The second-order valence-corrected chi connectivity index (χ2v) is 4.75. The van der Waals surface area contributed by atoms with Gasteiger partial charge in [0.25, 0.3) is 0 Å². The molecule has 0 aromatic heterocycles. The Bertz CT molecular complexity index is 452. The predicted octanol–water partition coefficient (Wildman–Crippen LogP) is 2.84. The van der Waals surface area contributed by atoms with E-state index in [-0.39, 0.29) is 12.5 Å². The van der Waals surface area contributed by atoms with Gasteiger partial charge in [-0.25, -0.2) is 4.79 Å². The van der Waals surface area contributed by atoms with Gasteiger partial charge in [-0.3, -0.25) is 4.79 Å². The molecule has 0 unspecified atom stereocenters. The van der Waals surface area contributed by atoms with E-state index in [4.69, 9.17) is 16.7 Å². The lowest BCUT2D eigenvalue weighted by Gasteiger charge is -2.08. The van der Waals surface area contributed by atoms with Crippen molar-refractivity contribution in [3.05, 3.63) is 29.8 Å². The highest BCUT2D eigenvalue weighted by Gasteiger charge is 2.02. The highest BCUT2D eigenvalue weighted by atomic mass is 35.5. The summed E-state index contributed by atoms with van der Waals surface area (Å²) in [5, 5.41) is 13.9. The number of hydrogen-bond donors (Lipinski definition) is 3. The van der Waals surface area contributed by atoms with Crippen LogP contribution < -0.4 is 10.6 Å². The fourth-order valence-corrected chi connectivity index (χ4v) is 1.84. The van der Waals surface area contributed by atoms with Crippen LogP contribution in [0.1, 0.15) is 24.8 Å². The van der Waals surface area contributed by atoms with Crippen LogP contribution in [0.5, 0.6) is 0 Å². The van der Waals surface area contributed by atoms with Crippen molar-refractivity contribution >= 4 is 29.3 Å². The van der Waals surface area contributed by atoms with Crippen molar-refractivity contribution in [3.63, 3.8) is 0 Å². The monoisotopic (exact) mass is 298 g/mol. The van der Waals surface area contributed by atoms with Crippen molar-refractivity contribution in [2.45, 2.75) is 25.7 Å². The molecule has 0 radical (unpaired) electrons. The Hall–Kier alpha value is -1.75. The molecule has 0 spiro atoms. The van der Waals surface area contributed by atoms with Crippen LogP contribution in [-0.2, 0) is 11.2 Å². The summed E-state index contributed by atoms with van der Waals surface area (Å²) < 4.78 is 0. The van der Waals surface area contributed by atoms with Crippen molar-refractivity contribution in [1.82, 2.24) is 5.32 Å². The Balaban J connectivity index is 2.40. The third kappa shape index (κ3) is 6.99. The molecule has 110 valence electrons. The smallest absolute Gasteiger partial charge is 0.319 e. The Morgan fingerprint density at radius 1 is 1.25 bits per heavy atom. The molecule has 1 aromatic rings. The van der Waals surface area contributed by atoms with Crippen LogP contribution in [0, 0.1) is 0 Å². The van der Waals surface area contributed by atoms with Gasteiger partial charge in [-0.05, 0) is 37.0 Å². The Kier molecular flexibility index (Phi) is 7.50. The van der Waals surface area contributed by atoms with E-state index >= 15 is 0 Å². The second kappa shape index (κ2) is 9.20. The predicted molar refractivity (Wildman–Crippen MR) is 79.4 cm³/mol. The standard InChI is InChI=1S/C14H19ClN2O3/c15-8-9-16-14(20)17-12-6-3-5-11(10-12)4-1-2-7-13(18)19/h3,5-6,10H,1-2,4,7-9H2,(H,18,19)(H2,16,17,20). The molecule has 5 nitrogen and oxygen atoms in total. The highest BCUT2D eigenvalue weighted by Crippen LogP contribution is 2.13. The number of anilines is 1. The maximum Gasteiger partial charge on any atom is 0.319 e. The van der Waals surface area contributed by atoms with E-state index in [1.54, 1.807) is 6.07 Å². The minimum absolute atomic E-state index is 0.193. The maximum atomic E-state index is 11.5. The number of carboxylic acids is 1. The van der Waals surface area contributed by atoms with Crippen LogP contribution in [0.15, 0.2) is 24.3 Å². The van der Waals surface area contributed by atoms with E-state index in [9.17, 15) is 9.59 Å². The molecule has 20 heavy (non-hydrogen) atoms. The van der Waals surface area contributed by atoms with Crippen LogP contribution >= 0.6 is 11.6 Å². The molecule has 6 heteroatoms. The summed E-state index contributed by atoms with van der Waals surface area (Å²) in [5.41, 5.74) is 1.79. The molecule has 0 saturated carbocycles. The summed E-state index contributed by atoms with van der Waals surface area (Å²) in [6.07, 6.45) is 2.46. The number of aryl methyl sites for hydroxylation is 1. The summed E-state index contributed by atoms with van der Waals surface area (Å²) in [7, 11) is 0. The molecule has 0 saturated heterocycles. The zero-order chi connectivity index (χ0) is 14.8. The fraction of sp³-hybridized carbons (Fsp3) is 0.429. The van der Waals surface area contributed by atoms with Crippen LogP contribution in [-0.4, -0.2) is 29.5 Å². The molecular weight excluding hydrogens is 280 g/mol. The molecule has 0 fully saturated rings. The number of benzene rings is 1. The van der Waals surface area contributed by atoms with Crippen LogP contribution in [0.4, 0.5) is 10.5 Å². The molecule has 0 aliphatic heterocycles. The van der Waals surface area contributed by atoms with Gasteiger partial charge in [0.15, 0.2) is 0 Å². The average molecular weight is 299 g/mol. The molecule has 3 N–H and O–H groups in total. The molecular formula is C14H19ClN2O3. The average Bonchev–Trinajstić information content (AvgIpc) is 2.41. The van der Waals surface area contributed by atoms with Gasteiger partial charge in [-0.1, -0.05) is 12.1 Å². The van der Waals surface area contributed by atoms with Crippen LogP contribution in [0.2, 0.25) is 0 Å². The maximum absolute atomic E-state index is 11.5. The van der Waals surface area contributed by atoms with E-state index in [0.717, 1.165) is 18.4 Å². The molecule has 0 aliphatic rings. The number of carbonyl (C=O) groups is 2. The van der Waals surface area contributed by atoms with E-state index in [0.29, 0.717) is 24.5 Å². The zero-order valence-electron chi connectivity index (χ0n) is 11.2. The number of carboxylic acid groups (broad SMARTS) is 1. The second-order valence-electron chi connectivity index (χ2n) is 4.37. The third-order valence-corrected chi connectivity index (χ3v) is 2.86. The molecule has 1 rings (SSSR count). The van der Waals surface area contributed by atoms with Gasteiger partial charge in [0.1, 0.15) is 0 Å². The zero-order valence-corrected chi connectivity index (χ0v) is 11.9. The number of alkyl halides is 1. The SMILES string of the molecule is O=C(O)CCCCc1cccc(NC(=O)NCCCl)c1. The minimum atomic E-state index is -0.767. The number of carbonyl (C=O) groups excluding carboxylic acids is 1. The molecule has 0 bridgehead atoms. The summed E-state index contributed by atoms with van der Waals surface area (Å²) >= 11 is 5.48. The highest BCUT2D eigenvalue weighted by molar-refractivity contribution is 6.18. The van der Waals surface area contributed by atoms with E-state index in [1.807, 2.05) is 18.2 Å². The van der Waals surface area contributed by atoms with Crippen molar-refractivity contribution in [1.29, 1.82) is 0 Å². The molecule has 0 heterocycles. The minimum Gasteiger partial charge on any atom is -0.481 e. The van der Waals surface area contributed by atoms with Gasteiger partial charge in [-0.15, -0.1) is 11.6 Å². The fourth-order valence-electron chi connectivity index (χ4n) is 1.75. The van der Waals surface area contributed by atoms with E-state index in [1.165, 1.54) is 0 Å². The first-order valence-corrected chi connectivity index (χ1v) is 7.07. The lowest BCUT2D eigenvalue weighted by atomic mass is 10.1. The first-order valence-electron chi connectivity index (χ1n) is 6.53. The molecule has 0 aliphatic carbocycles. The largest absolute Gasteiger partial charge is 0.481 e. The number of hydrogen-bond acceptors (Lipinski definition) is 2. The number of nitrogens with one attached hydrogen (secondary N) is 2. The molecule has 0 atom stereocenters. The van der Waals surface area contributed by atoms with Gasteiger partial charge in [0, 0.05) is 24.5 Å². The number of unbranched alkanes of at least 4 members (excludes halogenated alkanes) is 1. The number of halogens is 1. The quantitative estimate of drug-likeness (QED) is 0.510. The van der Waals surface area contributed by atoms with Gasteiger partial charge in [-0.2, -0.15) is 0 Å². The lowest BCUT2D eigenvalue weighted by Crippen LogP contribution is -2.30. The third-order valence-electron chi connectivity index (χ3n) is 2.67. The Labute approximate surface area is 123 Å². The summed E-state index contributed by atoms with van der Waals surface area (Å²) in [6, 6.07) is 7.24. The normalized spacial score (nSPS) is 10.1. The van der Waals surface area contributed by atoms with Gasteiger partial charge in [0.2, 0.25) is 0 Å². The van der Waals surface area contributed by atoms with Gasteiger partial charge >= 0.3 is 12.0 Å². The summed E-state index contributed by atoms with van der Waals surface area (Å²) in [5.74, 6) is -0.395. The van der Waals surface area contributed by atoms with E-state index in [2.05, 4.69) is 10.6 Å². The number of amides is 2. The van der Waals surface area contributed by atoms with Crippen LogP contribution in [0.3, 0.4) is 0 Å². The van der Waals surface area contributed by atoms with Crippen molar-refractivity contribution < 1.29 is 14.7 Å². The van der Waals surface area contributed by atoms with Crippen molar-refractivity contribution in [2.24, 2.45) is 0 Å². The van der Waals surface area contributed by atoms with Gasteiger partial charge in [0.05, 0.1) is 0 Å². The first kappa shape index (κ1) is 16.3. The van der Waals surface area contributed by atoms with Gasteiger partial charge < -0.3 is 15.7 Å².